The lowest BCUT2D eigenvalue weighted by Gasteiger charge is -2.09. The van der Waals surface area contributed by atoms with Crippen LogP contribution in [0.2, 0.25) is 0 Å². The van der Waals surface area contributed by atoms with E-state index in [2.05, 4.69) is 48.4 Å². The molecular formula is C13H19BrN6. The number of anilines is 2. The van der Waals surface area contributed by atoms with Gasteiger partial charge < -0.3 is 15.2 Å². The van der Waals surface area contributed by atoms with E-state index in [1.54, 1.807) is 6.20 Å². The molecule has 2 N–H and O–H groups in total. The van der Waals surface area contributed by atoms with E-state index in [1.165, 1.54) is 0 Å². The first-order valence-corrected chi connectivity index (χ1v) is 7.46. The van der Waals surface area contributed by atoms with Crippen molar-refractivity contribution in [2.75, 3.05) is 23.7 Å². The first-order valence-electron chi connectivity index (χ1n) is 6.67. The molecular weight excluding hydrogens is 320 g/mol. The summed E-state index contributed by atoms with van der Waals surface area (Å²) in [4.78, 5) is 13.0. The van der Waals surface area contributed by atoms with Crippen LogP contribution in [0.1, 0.15) is 19.2 Å². The Morgan fingerprint density at radius 1 is 1.25 bits per heavy atom. The van der Waals surface area contributed by atoms with Crippen LogP contribution in [0.4, 0.5) is 11.8 Å². The second kappa shape index (κ2) is 7.23. The number of hydrogen-bond donors (Lipinski definition) is 2. The van der Waals surface area contributed by atoms with E-state index in [4.69, 9.17) is 0 Å². The normalized spacial score (nSPS) is 10.6. The quantitative estimate of drug-likeness (QED) is 0.811. The molecule has 0 unspecified atom stereocenters. The molecule has 2 rings (SSSR count). The van der Waals surface area contributed by atoms with Crippen molar-refractivity contribution < 1.29 is 0 Å². The minimum Gasteiger partial charge on any atom is -0.369 e. The molecule has 0 atom stereocenters. The topological polar surface area (TPSA) is 67.7 Å². The first-order chi connectivity index (χ1) is 9.70. The van der Waals surface area contributed by atoms with Gasteiger partial charge in [-0.15, -0.1) is 0 Å². The molecule has 20 heavy (non-hydrogen) atoms. The molecule has 2 aromatic rings. The molecule has 0 saturated carbocycles. The van der Waals surface area contributed by atoms with E-state index in [0.29, 0.717) is 5.95 Å². The molecule has 0 fully saturated rings. The summed E-state index contributed by atoms with van der Waals surface area (Å²) < 4.78 is 2.88. The third-order valence-electron chi connectivity index (χ3n) is 2.84. The van der Waals surface area contributed by atoms with Gasteiger partial charge in [0.1, 0.15) is 11.6 Å². The number of rotatable bonds is 7. The lowest BCUT2D eigenvalue weighted by atomic mass is 10.4. The van der Waals surface area contributed by atoms with Gasteiger partial charge in [-0.3, -0.25) is 0 Å². The molecule has 0 aliphatic heterocycles. The number of aryl methyl sites for hydroxylation is 1. The SMILES string of the molecule is CCCNc1ncc(Br)c(NCCc2nccn2C)n1. The summed E-state index contributed by atoms with van der Waals surface area (Å²) in [7, 11) is 2.00. The van der Waals surface area contributed by atoms with E-state index < -0.39 is 0 Å². The number of nitrogens with one attached hydrogen (secondary N) is 2. The summed E-state index contributed by atoms with van der Waals surface area (Å²) >= 11 is 3.46. The van der Waals surface area contributed by atoms with Crippen LogP contribution >= 0.6 is 15.9 Å². The number of aromatic nitrogens is 4. The second-order valence-electron chi connectivity index (χ2n) is 4.45. The highest BCUT2D eigenvalue weighted by Gasteiger charge is 2.05. The summed E-state index contributed by atoms with van der Waals surface area (Å²) in [6.07, 6.45) is 7.40. The van der Waals surface area contributed by atoms with Crippen molar-refractivity contribution in [1.82, 2.24) is 19.5 Å². The van der Waals surface area contributed by atoms with Crippen LogP contribution in [0.5, 0.6) is 0 Å². The van der Waals surface area contributed by atoms with Gasteiger partial charge in [0.15, 0.2) is 0 Å². The molecule has 6 nitrogen and oxygen atoms in total. The Morgan fingerprint density at radius 3 is 2.80 bits per heavy atom. The molecule has 108 valence electrons. The number of halogens is 1. The van der Waals surface area contributed by atoms with Crippen LogP contribution < -0.4 is 10.6 Å². The Kier molecular flexibility index (Phi) is 5.34. The van der Waals surface area contributed by atoms with Crippen molar-refractivity contribution >= 4 is 27.7 Å². The standard InChI is InChI=1S/C13H19BrN6/c1-3-5-17-13-18-9-10(14)12(19-13)16-6-4-11-15-7-8-20(11)2/h7-9H,3-6H2,1-2H3,(H2,16,17,18,19). The molecule has 0 radical (unpaired) electrons. The maximum Gasteiger partial charge on any atom is 0.224 e. The van der Waals surface area contributed by atoms with Gasteiger partial charge in [0, 0.05) is 45.1 Å². The summed E-state index contributed by atoms with van der Waals surface area (Å²) in [6, 6.07) is 0. The highest BCUT2D eigenvalue weighted by molar-refractivity contribution is 9.10. The third-order valence-corrected chi connectivity index (χ3v) is 3.42. The summed E-state index contributed by atoms with van der Waals surface area (Å²) in [6.45, 7) is 3.75. The summed E-state index contributed by atoms with van der Waals surface area (Å²) in [5, 5.41) is 6.48. The Morgan fingerprint density at radius 2 is 2.10 bits per heavy atom. The zero-order chi connectivity index (χ0) is 14.4. The maximum absolute atomic E-state index is 4.44. The molecule has 2 heterocycles. The highest BCUT2D eigenvalue weighted by Crippen LogP contribution is 2.20. The van der Waals surface area contributed by atoms with Crippen molar-refractivity contribution in [2.24, 2.45) is 7.05 Å². The van der Waals surface area contributed by atoms with Gasteiger partial charge in [0.2, 0.25) is 5.95 Å². The van der Waals surface area contributed by atoms with Crippen LogP contribution in [-0.4, -0.2) is 32.6 Å². The van der Waals surface area contributed by atoms with Gasteiger partial charge in [0.05, 0.1) is 4.47 Å². The minimum atomic E-state index is 0.648. The summed E-state index contributed by atoms with van der Waals surface area (Å²) in [5.74, 6) is 2.49. The van der Waals surface area contributed by atoms with Crippen molar-refractivity contribution in [3.05, 3.63) is 28.9 Å². The Hall–Kier alpha value is -1.63. The molecule has 0 spiro atoms. The average molecular weight is 339 g/mol. The van der Waals surface area contributed by atoms with Gasteiger partial charge in [-0.05, 0) is 22.4 Å². The third kappa shape index (κ3) is 3.93. The van der Waals surface area contributed by atoms with Gasteiger partial charge in [-0.2, -0.15) is 4.98 Å². The van der Waals surface area contributed by atoms with Gasteiger partial charge in [-0.25, -0.2) is 9.97 Å². The Bertz CT molecular complexity index is 554. The molecule has 0 saturated heterocycles. The number of hydrogen-bond acceptors (Lipinski definition) is 5. The maximum atomic E-state index is 4.44. The zero-order valence-electron chi connectivity index (χ0n) is 11.7. The molecule has 2 aromatic heterocycles. The fraction of sp³-hybridized carbons (Fsp3) is 0.462. The molecule has 0 aliphatic rings. The van der Waals surface area contributed by atoms with Gasteiger partial charge in [-0.1, -0.05) is 6.92 Å². The average Bonchev–Trinajstić information content (AvgIpc) is 2.85. The van der Waals surface area contributed by atoms with Gasteiger partial charge in [0.25, 0.3) is 0 Å². The van der Waals surface area contributed by atoms with Crippen molar-refractivity contribution in [1.29, 1.82) is 0 Å². The lowest BCUT2D eigenvalue weighted by Crippen LogP contribution is -2.12. The fourth-order valence-corrected chi connectivity index (χ4v) is 2.07. The highest BCUT2D eigenvalue weighted by atomic mass is 79.9. The Labute approximate surface area is 127 Å². The first kappa shape index (κ1) is 14.8. The molecule has 0 amide bonds. The lowest BCUT2D eigenvalue weighted by molar-refractivity contribution is 0.788. The van der Waals surface area contributed by atoms with E-state index in [9.17, 15) is 0 Å². The zero-order valence-corrected chi connectivity index (χ0v) is 13.3. The largest absolute Gasteiger partial charge is 0.369 e. The number of imidazole rings is 1. The molecule has 0 bridgehead atoms. The molecule has 0 aliphatic carbocycles. The van der Waals surface area contributed by atoms with Crippen LogP contribution in [0.25, 0.3) is 0 Å². The van der Waals surface area contributed by atoms with E-state index in [-0.39, 0.29) is 0 Å². The monoisotopic (exact) mass is 338 g/mol. The summed E-state index contributed by atoms with van der Waals surface area (Å²) in [5.41, 5.74) is 0. The minimum absolute atomic E-state index is 0.648. The predicted molar refractivity (Wildman–Crippen MR) is 83.9 cm³/mol. The van der Waals surface area contributed by atoms with Crippen molar-refractivity contribution in [3.8, 4) is 0 Å². The van der Waals surface area contributed by atoms with Crippen LogP contribution in [0.3, 0.4) is 0 Å². The number of nitrogens with zero attached hydrogens (tertiary/aromatic N) is 4. The fourth-order valence-electron chi connectivity index (χ4n) is 1.74. The van der Waals surface area contributed by atoms with Crippen molar-refractivity contribution in [2.45, 2.75) is 19.8 Å². The van der Waals surface area contributed by atoms with E-state index in [0.717, 1.165) is 42.0 Å². The van der Waals surface area contributed by atoms with Crippen molar-refractivity contribution in [3.63, 3.8) is 0 Å². The Balaban J connectivity index is 1.92. The van der Waals surface area contributed by atoms with E-state index >= 15 is 0 Å². The molecule has 7 heteroatoms. The van der Waals surface area contributed by atoms with Crippen LogP contribution in [0, 0.1) is 0 Å². The van der Waals surface area contributed by atoms with E-state index in [1.807, 2.05) is 24.0 Å². The predicted octanol–water partition coefficient (Wildman–Crippen LogP) is 2.45. The van der Waals surface area contributed by atoms with Crippen LogP contribution in [0.15, 0.2) is 23.1 Å². The molecule has 0 aromatic carbocycles. The smallest absolute Gasteiger partial charge is 0.224 e. The van der Waals surface area contributed by atoms with Gasteiger partial charge >= 0.3 is 0 Å². The second-order valence-corrected chi connectivity index (χ2v) is 5.30. The van der Waals surface area contributed by atoms with Crippen LogP contribution in [-0.2, 0) is 13.5 Å².